The van der Waals surface area contributed by atoms with Gasteiger partial charge in [-0.15, -0.1) is 0 Å². The van der Waals surface area contributed by atoms with E-state index in [4.69, 9.17) is 5.73 Å². The van der Waals surface area contributed by atoms with Crippen molar-refractivity contribution >= 4 is 11.9 Å². The first-order chi connectivity index (χ1) is 10.5. The van der Waals surface area contributed by atoms with Gasteiger partial charge in [0.2, 0.25) is 11.9 Å². The van der Waals surface area contributed by atoms with E-state index in [1.807, 2.05) is 6.07 Å². The molecule has 0 bridgehead atoms. The molecule has 3 rings (SSSR count). The zero-order valence-electron chi connectivity index (χ0n) is 12.8. The maximum absolute atomic E-state index is 13.5. The minimum absolute atomic E-state index is 0.0359. The SMILES string of the molecule is C[C@@H]1CCc2ccccc2[C@@H]1Nc1nc(N)nc([C@@H](C)F)n1. The summed E-state index contributed by atoms with van der Waals surface area (Å²) in [4.78, 5) is 12.1. The summed E-state index contributed by atoms with van der Waals surface area (Å²) in [6, 6.07) is 8.44. The number of hydrogen-bond acceptors (Lipinski definition) is 5. The monoisotopic (exact) mass is 301 g/mol. The van der Waals surface area contributed by atoms with Crippen molar-refractivity contribution in [3.05, 3.63) is 41.2 Å². The highest BCUT2D eigenvalue weighted by Gasteiger charge is 2.27. The van der Waals surface area contributed by atoms with Gasteiger partial charge in [-0.1, -0.05) is 31.2 Å². The number of nitrogen functional groups attached to an aromatic ring is 1. The Kier molecular flexibility index (Phi) is 3.92. The summed E-state index contributed by atoms with van der Waals surface area (Å²) in [6.45, 7) is 3.58. The zero-order valence-corrected chi connectivity index (χ0v) is 12.8. The molecule has 2 aromatic rings. The average molecular weight is 301 g/mol. The molecule has 116 valence electrons. The summed E-state index contributed by atoms with van der Waals surface area (Å²) in [5.41, 5.74) is 8.24. The molecule has 1 aliphatic carbocycles. The molecular formula is C16H20FN5. The first-order valence-electron chi connectivity index (χ1n) is 7.54. The first-order valence-corrected chi connectivity index (χ1v) is 7.54. The highest BCUT2D eigenvalue weighted by atomic mass is 19.1. The van der Waals surface area contributed by atoms with Gasteiger partial charge in [0.05, 0.1) is 6.04 Å². The number of nitrogens with one attached hydrogen (secondary N) is 1. The maximum atomic E-state index is 13.5. The van der Waals surface area contributed by atoms with Crippen LogP contribution in [0.3, 0.4) is 0 Å². The Morgan fingerprint density at radius 2 is 2.05 bits per heavy atom. The predicted molar refractivity (Wildman–Crippen MR) is 84.1 cm³/mol. The average Bonchev–Trinajstić information content (AvgIpc) is 2.49. The van der Waals surface area contributed by atoms with Crippen LogP contribution in [0.4, 0.5) is 16.3 Å². The van der Waals surface area contributed by atoms with Crippen molar-refractivity contribution in [1.82, 2.24) is 15.0 Å². The van der Waals surface area contributed by atoms with Gasteiger partial charge in [0, 0.05) is 0 Å². The van der Waals surface area contributed by atoms with Crippen molar-refractivity contribution in [2.24, 2.45) is 5.92 Å². The molecule has 0 saturated carbocycles. The fraction of sp³-hybridized carbons (Fsp3) is 0.438. The summed E-state index contributed by atoms with van der Waals surface area (Å²) < 4.78 is 13.5. The van der Waals surface area contributed by atoms with Gasteiger partial charge in [-0.2, -0.15) is 15.0 Å². The van der Waals surface area contributed by atoms with Crippen molar-refractivity contribution < 1.29 is 4.39 Å². The van der Waals surface area contributed by atoms with E-state index in [-0.39, 0.29) is 17.8 Å². The summed E-state index contributed by atoms with van der Waals surface area (Å²) in [7, 11) is 0. The van der Waals surface area contributed by atoms with Crippen LogP contribution in [0.1, 0.15) is 49.4 Å². The number of fused-ring (bicyclic) bond motifs is 1. The summed E-state index contributed by atoms with van der Waals surface area (Å²) in [5, 5.41) is 3.31. The molecule has 1 aromatic heterocycles. The third kappa shape index (κ3) is 2.86. The van der Waals surface area contributed by atoms with Crippen LogP contribution in [0.15, 0.2) is 24.3 Å². The van der Waals surface area contributed by atoms with Crippen LogP contribution in [-0.4, -0.2) is 15.0 Å². The van der Waals surface area contributed by atoms with Crippen LogP contribution in [0.25, 0.3) is 0 Å². The molecule has 3 N–H and O–H groups in total. The van der Waals surface area contributed by atoms with Gasteiger partial charge < -0.3 is 11.1 Å². The largest absolute Gasteiger partial charge is 0.368 e. The van der Waals surface area contributed by atoms with Gasteiger partial charge in [-0.3, -0.25) is 0 Å². The van der Waals surface area contributed by atoms with Crippen molar-refractivity contribution in [2.45, 2.75) is 38.9 Å². The topological polar surface area (TPSA) is 76.7 Å². The van der Waals surface area contributed by atoms with Crippen molar-refractivity contribution in [1.29, 1.82) is 0 Å². The minimum atomic E-state index is -1.28. The van der Waals surface area contributed by atoms with Crippen LogP contribution in [-0.2, 0) is 6.42 Å². The molecule has 1 heterocycles. The van der Waals surface area contributed by atoms with Crippen molar-refractivity contribution in [3.8, 4) is 0 Å². The van der Waals surface area contributed by atoms with Crippen LogP contribution < -0.4 is 11.1 Å². The molecule has 3 atom stereocenters. The zero-order chi connectivity index (χ0) is 15.7. The Morgan fingerprint density at radius 3 is 2.82 bits per heavy atom. The molecule has 0 fully saturated rings. The normalized spacial score (nSPS) is 22.0. The Bertz CT molecular complexity index is 673. The number of nitrogens with zero attached hydrogens (tertiary/aromatic N) is 3. The van der Waals surface area contributed by atoms with E-state index in [1.165, 1.54) is 18.1 Å². The number of anilines is 2. The van der Waals surface area contributed by atoms with Gasteiger partial charge >= 0.3 is 0 Å². The van der Waals surface area contributed by atoms with Gasteiger partial charge in [0.15, 0.2) is 12.0 Å². The van der Waals surface area contributed by atoms with Crippen molar-refractivity contribution in [3.63, 3.8) is 0 Å². The van der Waals surface area contributed by atoms with Crippen LogP contribution in [0, 0.1) is 5.92 Å². The fourth-order valence-electron chi connectivity index (χ4n) is 2.93. The number of aryl methyl sites for hydroxylation is 1. The Morgan fingerprint density at radius 1 is 1.27 bits per heavy atom. The van der Waals surface area contributed by atoms with Crippen LogP contribution in [0.5, 0.6) is 0 Å². The summed E-state index contributed by atoms with van der Waals surface area (Å²) >= 11 is 0. The van der Waals surface area contributed by atoms with E-state index in [9.17, 15) is 4.39 Å². The number of aromatic nitrogens is 3. The van der Waals surface area contributed by atoms with Crippen LogP contribution in [0.2, 0.25) is 0 Å². The number of rotatable bonds is 3. The standard InChI is InChI=1S/C16H20FN5/c1-9-7-8-11-5-3-4-6-12(11)13(9)19-16-21-14(10(2)17)20-15(18)22-16/h3-6,9-10,13H,7-8H2,1-2H3,(H3,18,19,20,21,22)/t9-,10-,13-/m1/s1. The lowest BCUT2D eigenvalue weighted by Crippen LogP contribution is -2.26. The third-order valence-corrected chi connectivity index (χ3v) is 4.14. The molecule has 0 amide bonds. The smallest absolute Gasteiger partial charge is 0.228 e. The third-order valence-electron chi connectivity index (χ3n) is 4.14. The number of nitrogens with two attached hydrogens (primary N) is 1. The molecule has 0 saturated heterocycles. The van der Waals surface area contributed by atoms with E-state index in [0.717, 1.165) is 12.8 Å². The lowest BCUT2D eigenvalue weighted by atomic mass is 9.81. The number of benzene rings is 1. The lowest BCUT2D eigenvalue weighted by molar-refractivity contribution is 0.356. The first kappa shape index (κ1) is 14.7. The molecule has 0 aliphatic heterocycles. The van der Waals surface area contributed by atoms with Gasteiger partial charge in [-0.25, -0.2) is 4.39 Å². The second-order valence-corrected chi connectivity index (χ2v) is 5.83. The molecule has 0 spiro atoms. The minimum Gasteiger partial charge on any atom is -0.368 e. The fourth-order valence-corrected chi connectivity index (χ4v) is 2.93. The molecule has 0 unspecified atom stereocenters. The molecule has 6 heteroatoms. The molecule has 22 heavy (non-hydrogen) atoms. The second kappa shape index (κ2) is 5.87. The predicted octanol–water partition coefficient (Wildman–Crippen LogP) is 3.22. The molecule has 1 aliphatic rings. The quantitative estimate of drug-likeness (QED) is 0.910. The molecule has 0 radical (unpaired) electrons. The molecular weight excluding hydrogens is 281 g/mol. The highest BCUT2D eigenvalue weighted by molar-refractivity contribution is 5.40. The Labute approximate surface area is 129 Å². The van der Waals surface area contributed by atoms with Gasteiger partial charge in [-0.05, 0) is 36.8 Å². The molecule has 1 aromatic carbocycles. The number of halogens is 1. The van der Waals surface area contributed by atoms with Crippen molar-refractivity contribution in [2.75, 3.05) is 11.1 Å². The van der Waals surface area contributed by atoms with Gasteiger partial charge in [0.25, 0.3) is 0 Å². The highest BCUT2D eigenvalue weighted by Crippen LogP contribution is 2.36. The van der Waals surface area contributed by atoms with E-state index in [0.29, 0.717) is 11.9 Å². The van der Waals surface area contributed by atoms with E-state index >= 15 is 0 Å². The van der Waals surface area contributed by atoms with Gasteiger partial charge in [0.1, 0.15) is 0 Å². The van der Waals surface area contributed by atoms with E-state index < -0.39 is 6.17 Å². The number of hydrogen-bond donors (Lipinski definition) is 2. The summed E-state index contributed by atoms with van der Waals surface area (Å²) in [6.07, 6.45) is 0.880. The Balaban J connectivity index is 1.93. The Hall–Kier alpha value is -2.24. The van der Waals surface area contributed by atoms with E-state index in [1.54, 1.807) is 0 Å². The number of alkyl halides is 1. The summed E-state index contributed by atoms with van der Waals surface area (Å²) in [5.74, 6) is 0.861. The molecule has 5 nitrogen and oxygen atoms in total. The van der Waals surface area contributed by atoms with Crippen LogP contribution >= 0.6 is 0 Å². The lowest BCUT2D eigenvalue weighted by Gasteiger charge is -2.32. The van der Waals surface area contributed by atoms with E-state index in [2.05, 4.69) is 45.4 Å². The second-order valence-electron chi connectivity index (χ2n) is 5.83. The maximum Gasteiger partial charge on any atom is 0.228 e.